The molecule has 0 atom stereocenters. The highest BCUT2D eigenvalue weighted by molar-refractivity contribution is 9.10. The van der Waals surface area contributed by atoms with Crippen LogP contribution in [-0.4, -0.2) is 30.8 Å². The summed E-state index contributed by atoms with van der Waals surface area (Å²) in [5, 5.41) is 7.75. The first kappa shape index (κ1) is 19.7. The average Bonchev–Trinajstić information content (AvgIpc) is 2.60. The molecule has 0 fully saturated rings. The number of carbonyl (C=O) groups is 3. The highest BCUT2D eigenvalue weighted by Gasteiger charge is 2.11. The van der Waals surface area contributed by atoms with Crippen molar-refractivity contribution in [2.24, 2.45) is 0 Å². The smallest absolute Gasteiger partial charge is 0.251 e. The third-order valence-corrected chi connectivity index (χ3v) is 4.20. The third-order valence-electron chi connectivity index (χ3n) is 3.71. The molecule has 2 rings (SSSR count). The van der Waals surface area contributed by atoms with Gasteiger partial charge in [0.05, 0.1) is 13.1 Å². The van der Waals surface area contributed by atoms with Crippen LogP contribution in [0.15, 0.2) is 46.9 Å². The van der Waals surface area contributed by atoms with Crippen LogP contribution in [0.2, 0.25) is 0 Å². The summed E-state index contributed by atoms with van der Waals surface area (Å²) in [6.07, 6.45) is 0. The standard InChI is InChI=1S/C19H20BrN3O3/c1-12-5-3-4-6-15(12)19(26)22-10-17(24)21-11-18(25)23-16-8-7-14(20)9-13(16)2/h3-9H,10-11H2,1-2H3,(H,21,24)(H,22,26)(H,23,25). The average molecular weight is 418 g/mol. The Balaban J connectivity index is 1.77. The van der Waals surface area contributed by atoms with Gasteiger partial charge in [-0.15, -0.1) is 0 Å². The zero-order chi connectivity index (χ0) is 19.1. The Morgan fingerprint density at radius 2 is 1.58 bits per heavy atom. The van der Waals surface area contributed by atoms with Crippen molar-refractivity contribution < 1.29 is 14.4 Å². The first-order valence-corrected chi connectivity index (χ1v) is 8.82. The molecular formula is C19H20BrN3O3. The van der Waals surface area contributed by atoms with E-state index in [1.807, 2.05) is 38.1 Å². The summed E-state index contributed by atoms with van der Waals surface area (Å²) < 4.78 is 0.922. The highest BCUT2D eigenvalue weighted by atomic mass is 79.9. The number of benzene rings is 2. The maximum absolute atomic E-state index is 12.0. The molecule has 0 aliphatic heterocycles. The van der Waals surface area contributed by atoms with Crippen molar-refractivity contribution in [1.29, 1.82) is 0 Å². The molecule has 0 unspecified atom stereocenters. The third kappa shape index (κ3) is 5.70. The van der Waals surface area contributed by atoms with E-state index in [9.17, 15) is 14.4 Å². The van der Waals surface area contributed by atoms with Crippen LogP contribution in [0.5, 0.6) is 0 Å². The summed E-state index contributed by atoms with van der Waals surface area (Å²) in [6.45, 7) is 3.33. The Morgan fingerprint density at radius 3 is 2.27 bits per heavy atom. The van der Waals surface area contributed by atoms with Crippen molar-refractivity contribution in [1.82, 2.24) is 10.6 Å². The van der Waals surface area contributed by atoms with Crippen molar-refractivity contribution >= 4 is 39.3 Å². The maximum Gasteiger partial charge on any atom is 0.251 e. The van der Waals surface area contributed by atoms with Gasteiger partial charge in [-0.1, -0.05) is 34.1 Å². The van der Waals surface area contributed by atoms with Crippen molar-refractivity contribution in [3.05, 3.63) is 63.6 Å². The molecule has 0 radical (unpaired) electrons. The van der Waals surface area contributed by atoms with E-state index in [1.165, 1.54) is 0 Å². The Bertz CT molecular complexity index is 837. The molecule has 0 heterocycles. The fourth-order valence-corrected chi connectivity index (χ4v) is 2.76. The molecule has 7 heteroatoms. The summed E-state index contributed by atoms with van der Waals surface area (Å²) in [5.74, 6) is -1.10. The molecule has 136 valence electrons. The van der Waals surface area contributed by atoms with Gasteiger partial charge in [-0.05, 0) is 49.2 Å². The van der Waals surface area contributed by atoms with Crippen molar-refractivity contribution in [2.75, 3.05) is 18.4 Å². The molecule has 3 N–H and O–H groups in total. The summed E-state index contributed by atoms with van der Waals surface area (Å²) in [4.78, 5) is 35.8. The number of nitrogens with one attached hydrogen (secondary N) is 3. The minimum atomic E-state index is -0.436. The maximum atomic E-state index is 12.0. The number of halogens is 1. The SMILES string of the molecule is Cc1cc(Br)ccc1NC(=O)CNC(=O)CNC(=O)c1ccccc1C. The molecular weight excluding hydrogens is 398 g/mol. The summed E-state index contributed by atoms with van der Waals surface area (Å²) >= 11 is 3.36. The van der Waals surface area contributed by atoms with Gasteiger partial charge in [0.2, 0.25) is 11.8 Å². The van der Waals surface area contributed by atoms with Gasteiger partial charge in [-0.3, -0.25) is 14.4 Å². The fraction of sp³-hybridized carbons (Fsp3) is 0.211. The van der Waals surface area contributed by atoms with E-state index in [0.717, 1.165) is 15.6 Å². The topological polar surface area (TPSA) is 87.3 Å². The molecule has 0 saturated carbocycles. The summed E-state index contributed by atoms with van der Waals surface area (Å²) in [5.41, 5.74) is 2.93. The molecule has 0 aliphatic rings. The van der Waals surface area contributed by atoms with Gasteiger partial charge in [-0.2, -0.15) is 0 Å². The fourth-order valence-electron chi connectivity index (χ4n) is 2.29. The molecule has 2 aromatic rings. The number of hydrogen-bond acceptors (Lipinski definition) is 3. The number of rotatable bonds is 6. The lowest BCUT2D eigenvalue weighted by Gasteiger charge is -2.10. The predicted octanol–water partition coefficient (Wildman–Crippen LogP) is 2.55. The van der Waals surface area contributed by atoms with Crippen molar-refractivity contribution in [3.8, 4) is 0 Å². The van der Waals surface area contributed by atoms with Gasteiger partial charge in [-0.25, -0.2) is 0 Å². The van der Waals surface area contributed by atoms with Crippen LogP contribution in [0.4, 0.5) is 5.69 Å². The van der Waals surface area contributed by atoms with Gasteiger partial charge in [0.15, 0.2) is 0 Å². The second-order valence-corrected chi connectivity index (χ2v) is 6.70. The number of amides is 3. The van der Waals surface area contributed by atoms with Gasteiger partial charge in [0, 0.05) is 15.7 Å². The lowest BCUT2D eigenvalue weighted by atomic mass is 10.1. The van der Waals surface area contributed by atoms with Gasteiger partial charge in [0.1, 0.15) is 0 Å². The van der Waals surface area contributed by atoms with Crippen LogP contribution < -0.4 is 16.0 Å². The first-order chi connectivity index (χ1) is 12.4. The van der Waals surface area contributed by atoms with Crippen LogP contribution in [0.25, 0.3) is 0 Å². The molecule has 26 heavy (non-hydrogen) atoms. The van der Waals surface area contributed by atoms with Crippen LogP contribution in [-0.2, 0) is 9.59 Å². The molecule has 0 spiro atoms. The minimum absolute atomic E-state index is 0.172. The Morgan fingerprint density at radius 1 is 0.885 bits per heavy atom. The molecule has 0 aliphatic carbocycles. The minimum Gasteiger partial charge on any atom is -0.345 e. The Kier molecular flexibility index (Phi) is 6.91. The predicted molar refractivity (Wildman–Crippen MR) is 104 cm³/mol. The van der Waals surface area contributed by atoms with Crippen molar-refractivity contribution in [3.63, 3.8) is 0 Å². The highest BCUT2D eigenvalue weighted by Crippen LogP contribution is 2.19. The van der Waals surface area contributed by atoms with E-state index in [-0.39, 0.29) is 24.9 Å². The largest absolute Gasteiger partial charge is 0.345 e. The number of carbonyl (C=O) groups excluding carboxylic acids is 3. The van der Waals surface area contributed by atoms with E-state index < -0.39 is 5.91 Å². The van der Waals surface area contributed by atoms with Crippen molar-refractivity contribution in [2.45, 2.75) is 13.8 Å². The normalized spacial score (nSPS) is 10.1. The summed E-state index contributed by atoms with van der Waals surface area (Å²) in [7, 11) is 0. The van der Waals surface area contributed by atoms with Crippen LogP contribution in [0, 0.1) is 13.8 Å². The Labute approximate surface area is 160 Å². The van der Waals surface area contributed by atoms with E-state index in [0.29, 0.717) is 11.3 Å². The van der Waals surface area contributed by atoms with Gasteiger partial charge < -0.3 is 16.0 Å². The van der Waals surface area contributed by atoms with E-state index in [1.54, 1.807) is 18.2 Å². The second-order valence-electron chi connectivity index (χ2n) is 5.78. The quantitative estimate of drug-likeness (QED) is 0.674. The van der Waals surface area contributed by atoms with E-state index in [4.69, 9.17) is 0 Å². The van der Waals surface area contributed by atoms with E-state index in [2.05, 4.69) is 31.9 Å². The van der Waals surface area contributed by atoms with Crippen LogP contribution >= 0.6 is 15.9 Å². The number of anilines is 1. The number of aryl methyl sites for hydroxylation is 2. The summed E-state index contributed by atoms with van der Waals surface area (Å²) in [6, 6.07) is 12.6. The molecule has 6 nitrogen and oxygen atoms in total. The zero-order valence-electron chi connectivity index (χ0n) is 14.6. The number of hydrogen-bond donors (Lipinski definition) is 3. The molecule has 2 aromatic carbocycles. The lowest BCUT2D eigenvalue weighted by Crippen LogP contribution is -2.40. The molecule has 3 amide bonds. The monoisotopic (exact) mass is 417 g/mol. The van der Waals surface area contributed by atoms with Gasteiger partial charge >= 0.3 is 0 Å². The first-order valence-electron chi connectivity index (χ1n) is 8.03. The van der Waals surface area contributed by atoms with E-state index >= 15 is 0 Å². The van der Waals surface area contributed by atoms with Crippen LogP contribution in [0.3, 0.4) is 0 Å². The zero-order valence-corrected chi connectivity index (χ0v) is 16.1. The van der Waals surface area contributed by atoms with Gasteiger partial charge in [0.25, 0.3) is 5.91 Å². The Hall–Kier alpha value is -2.67. The van der Waals surface area contributed by atoms with Crippen LogP contribution in [0.1, 0.15) is 21.5 Å². The molecule has 0 saturated heterocycles. The lowest BCUT2D eigenvalue weighted by molar-refractivity contribution is -0.123. The molecule has 0 aromatic heterocycles. The molecule has 0 bridgehead atoms. The second kappa shape index (κ2) is 9.15.